The average Bonchev–Trinajstić information content (AvgIpc) is 3.82. The number of nitrogens with zero attached hydrogens (tertiary/aromatic N) is 4. The number of hydrogen-bond donors (Lipinski definition) is 0. The molecule has 0 atom stereocenters. The van der Waals surface area contributed by atoms with E-state index in [-0.39, 0.29) is 0 Å². The lowest BCUT2D eigenvalue weighted by Gasteiger charge is -2.12. The van der Waals surface area contributed by atoms with E-state index in [1.807, 2.05) is 54.6 Å². The minimum absolute atomic E-state index is 0.596. The molecular formula is C58H38N4O. The standard InChI is InChI=1S/C58H38N4O/c1-4-14-39(15-5-1)41-28-30-43(31-29-41)46-20-11-24-50(37-46)56-60-55(44-34-32-42(33-35-44)40-16-6-2-7-17-40)61-57(62-56)51-25-12-22-48(38-51)47-21-10-23-49(36-47)52-26-13-27-53-54(52)59-58(63-53)45-18-8-3-9-19-45/h1-38H. The largest absolute Gasteiger partial charge is 0.436 e. The fourth-order valence-electron chi connectivity index (χ4n) is 8.12. The fourth-order valence-corrected chi connectivity index (χ4v) is 8.12. The summed E-state index contributed by atoms with van der Waals surface area (Å²) in [6.07, 6.45) is 0. The van der Waals surface area contributed by atoms with E-state index >= 15 is 0 Å². The van der Waals surface area contributed by atoms with Crippen molar-refractivity contribution in [3.8, 4) is 101 Å². The van der Waals surface area contributed by atoms with Crippen molar-refractivity contribution in [1.82, 2.24) is 19.9 Å². The van der Waals surface area contributed by atoms with E-state index < -0.39 is 0 Å². The van der Waals surface area contributed by atoms with Crippen molar-refractivity contribution >= 4 is 11.1 Å². The zero-order valence-corrected chi connectivity index (χ0v) is 34.1. The van der Waals surface area contributed by atoms with Gasteiger partial charge in [-0.1, -0.05) is 194 Å². The molecule has 0 N–H and O–H groups in total. The van der Waals surface area contributed by atoms with E-state index in [4.69, 9.17) is 24.4 Å². The van der Waals surface area contributed by atoms with Crippen LogP contribution >= 0.6 is 0 Å². The van der Waals surface area contributed by atoms with E-state index in [1.165, 1.54) is 11.1 Å². The second-order valence-corrected chi connectivity index (χ2v) is 15.5. The zero-order valence-electron chi connectivity index (χ0n) is 34.1. The van der Waals surface area contributed by atoms with Crippen molar-refractivity contribution in [2.24, 2.45) is 0 Å². The van der Waals surface area contributed by atoms with Crippen LogP contribution in [0.3, 0.4) is 0 Å². The molecule has 2 heterocycles. The molecule has 63 heavy (non-hydrogen) atoms. The van der Waals surface area contributed by atoms with Crippen LogP contribution in [-0.4, -0.2) is 19.9 Å². The number of para-hydroxylation sites is 1. The third kappa shape index (κ3) is 7.72. The Bertz CT molecular complexity index is 3360. The quantitative estimate of drug-likeness (QED) is 0.145. The molecule has 0 unspecified atom stereocenters. The molecule has 0 aliphatic rings. The van der Waals surface area contributed by atoms with Crippen molar-refractivity contribution in [2.45, 2.75) is 0 Å². The summed E-state index contributed by atoms with van der Waals surface area (Å²) >= 11 is 0. The predicted octanol–water partition coefficient (Wildman–Crippen LogP) is 15.0. The number of oxazole rings is 1. The van der Waals surface area contributed by atoms with Gasteiger partial charge in [0.25, 0.3) is 0 Å². The highest BCUT2D eigenvalue weighted by Gasteiger charge is 2.16. The second kappa shape index (κ2) is 16.5. The Kier molecular flexibility index (Phi) is 9.80. The van der Waals surface area contributed by atoms with Gasteiger partial charge in [-0.05, 0) is 86.5 Å². The molecule has 0 aliphatic heterocycles. The third-order valence-electron chi connectivity index (χ3n) is 11.4. The third-order valence-corrected chi connectivity index (χ3v) is 11.4. The lowest BCUT2D eigenvalue weighted by Crippen LogP contribution is -2.00. The second-order valence-electron chi connectivity index (χ2n) is 15.5. The van der Waals surface area contributed by atoms with Gasteiger partial charge in [0.15, 0.2) is 23.1 Å². The van der Waals surface area contributed by atoms with Gasteiger partial charge in [-0.2, -0.15) is 0 Å². The summed E-state index contributed by atoms with van der Waals surface area (Å²) < 4.78 is 6.22. The first kappa shape index (κ1) is 37.5. The van der Waals surface area contributed by atoms with E-state index in [2.05, 4.69) is 176 Å². The fraction of sp³-hybridized carbons (Fsp3) is 0. The molecule has 5 nitrogen and oxygen atoms in total. The molecule has 0 radical (unpaired) electrons. The van der Waals surface area contributed by atoms with Gasteiger partial charge in [0.2, 0.25) is 5.89 Å². The molecule has 0 saturated heterocycles. The first-order valence-corrected chi connectivity index (χ1v) is 21.0. The van der Waals surface area contributed by atoms with Crippen LogP contribution in [0.25, 0.3) is 112 Å². The lowest BCUT2D eigenvalue weighted by molar-refractivity contribution is 0.620. The Morgan fingerprint density at radius 2 is 0.587 bits per heavy atom. The van der Waals surface area contributed by atoms with E-state index in [0.29, 0.717) is 23.4 Å². The zero-order chi connectivity index (χ0) is 42.0. The molecular weight excluding hydrogens is 769 g/mol. The van der Waals surface area contributed by atoms with Crippen LogP contribution in [0.5, 0.6) is 0 Å². The molecule has 0 aliphatic carbocycles. The van der Waals surface area contributed by atoms with Crippen LogP contribution in [0.4, 0.5) is 0 Å². The highest BCUT2D eigenvalue weighted by atomic mass is 16.3. The molecule has 0 amide bonds. The monoisotopic (exact) mass is 806 g/mol. The molecule has 296 valence electrons. The summed E-state index contributed by atoms with van der Waals surface area (Å²) in [6.45, 7) is 0. The molecule has 0 fully saturated rings. The Balaban J connectivity index is 0.970. The van der Waals surface area contributed by atoms with Crippen LogP contribution in [0, 0.1) is 0 Å². The van der Waals surface area contributed by atoms with Gasteiger partial charge in [0, 0.05) is 27.8 Å². The number of fused-ring (bicyclic) bond motifs is 1. The number of aromatic nitrogens is 4. The number of hydrogen-bond acceptors (Lipinski definition) is 5. The number of benzene rings is 9. The van der Waals surface area contributed by atoms with Crippen molar-refractivity contribution < 1.29 is 4.42 Å². The highest BCUT2D eigenvalue weighted by Crippen LogP contribution is 2.36. The summed E-state index contributed by atoms with van der Waals surface area (Å²) in [7, 11) is 0. The Labute approximate surface area is 365 Å². The van der Waals surface area contributed by atoms with Crippen molar-refractivity contribution in [3.05, 3.63) is 231 Å². The van der Waals surface area contributed by atoms with Crippen LogP contribution in [0.2, 0.25) is 0 Å². The van der Waals surface area contributed by atoms with E-state index in [1.54, 1.807) is 0 Å². The van der Waals surface area contributed by atoms with Crippen molar-refractivity contribution in [3.63, 3.8) is 0 Å². The molecule has 11 aromatic rings. The molecule has 11 rings (SSSR count). The van der Waals surface area contributed by atoms with Crippen molar-refractivity contribution in [2.75, 3.05) is 0 Å². The lowest BCUT2D eigenvalue weighted by atomic mass is 9.97. The SMILES string of the molecule is c1ccc(-c2ccc(-c3cccc(-c4nc(-c5ccc(-c6ccccc6)cc5)nc(-c5cccc(-c6cccc(-c7cccc8oc(-c9ccccc9)nc78)c6)c5)n4)c3)cc2)cc1. The Morgan fingerprint density at radius 1 is 0.238 bits per heavy atom. The van der Waals surface area contributed by atoms with Crippen LogP contribution in [0.15, 0.2) is 235 Å². The predicted molar refractivity (Wildman–Crippen MR) is 256 cm³/mol. The summed E-state index contributed by atoms with van der Waals surface area (Å²) in [5, 5.41) is 0. The molecule has 0 bridgehead atoms. The maximum Gasteiger partial charge on any atom is 0.227 e. The van der Waals surface area contributed by atoms with Crippen LogP contribution < -0.4 is 0 Å². The topological polar surface area (TPSA) is 64.7 Å². The summed E-state index contributed by atoms with van der Waals surface area (Å²) in [5.41, 5.74) is 16.3. The van der Waals surface area contributed by atoms with Gasteiger partial charge in [0.1, 0.15) is 5.52 Å². The van der Waals surface area contributed by atoms with Gasteiger partial charge in [-0.25, -0.2) is 19.9 Å². The van der Waals surface area contributed by atoms with E-state index in [9.17, 15) is 0 Å². The smallest absolute Gasteiger partial charge is 0.227 e. The van der Waals surface area contributed by atoms with Crippen LogP contribution in [0.1, 0.15) is 0 Å². The van der Waals surface area contributed by atoms with Gasteiger partial charge >= 0.3 is 0 Å². The van der Waals surface area contributed by atoms with Crippen LogP contribution in [-0.2, 0) is 0 Å². The van der Waals surface area contributed by atoms with Gasteiger partial charge in [-0.15, -0.1) is 0 Å². The average molecular weight is 807 g/mol. The first-order valence-electron chi connectivity index (χ1n) is 21.0. The maximum absolute atomic E-state index is 6.22. The highest BCUT2D eigenvalue weighted by molar-refractivity contribution is 5.93. The maximum atomic E-state index is 6.22. The van der Waals surface area contributed by atoms with Gasteiger partial charge in [0.05, 0.1) is 0 Å². The van der Waals surface area contributed by atoms with E-state index in [0.717, 1.165) is 77.9 Å². The Hall–Kier alpha value is -8.54. The summed E-state index contributed by atoms with van der Waals surface area (Å²) in [6, 6.07) is 79.5. The molecule has 9 aromatic carbocycles. The van der Waals surface area contributed by atoms with Gasteiger partial charge in [-0.3, -0.25) is 0 Å². The normalized spacial score (nSPS) is 11.2. The summed E-state index contributed by atoms with van der Waals surface area (Å²) in [4.78, 5) is 20.4. The van der Waals surface area contributed by atoms with Gasteiger partial charge < -0.3 is 4.42 Å². The molecule has 0 spiro atoms. The molecule has 0 saturated carbocycles. The summed E-state index contributed by atoms with van der Waals surface area (Å²) in [5.74, 6) is 2.41. The number of rotatable bonds is 9. The first-order chi connectivity index (χ1) is 31.2. The minimum Gasteiger partial charge on any atom is -0.436 e. The van der Waals surface area contributed by atoms with Crippen molar-refractivity contribution in [1.29, 1.82) is 0 Å². The molecule has 2 aromatic heterocycles. The molecule has 5 heteroatoms. The minimum atomic E-state index is 0.596. The Morgan fingerprint density at radius 3 is 1.11 bits per heavy atom.